The highest BCUT2D eigenvalue weighted by molar-refractivity contribution is 5.94. The highest BCUT2D eigenvalue weighted by Gasteiger charge is 2.20. The molecule has 5 nitrogen and oxygen atoms in total. The Morgan fingerprint density at radius 3 is 2.67 bits per heavy atom. The smallest absolute Gasteiger partial charge is 0.253 e. The van der Waals surface area contributed by atoms with Crippen LogP contribution in [0.5, 0.6) is 5.75 Å². The molecule has 24 heavy (non-hydrogen) atoms. The molecule has 5 heteroatoms. The molecule has 2 heterocycles. The molecule has 1 aliphatic heterocycles. The van der Waals surface area contributed by atoms with Gasteiger partial charge in [-0.05, 0) is 43.8 Å². The Bertz CT molecular complexity index is 692. The normalized spacial score (nSPS) is 15.3. The molecule has 1 aliphatic rings. The summed E-state index contributed by atoms with van der Waals surface area (Å²) in [7, 11) is 2.08. The maximum atomic E-state index is 12.6. The number of benzene rings is 1. The Labute approximate surface area is 142 Å². The minimum atomic E-state index is 0.0990. The van der Waals surface area contributed by atoms with E-state index in [4.69, 9.17) is 4.74 Å². The Morgan fingerprint density at radius 2 is 1.96 bits per heavy atom. The Balaban J connectivity index is 1.63. The van der Waals surface area contributed by atoms with Crippen molar-refractivity contribution >= 4 is 5.91 Å². The monoisotopic (exact) mass is 325 g/mol. The summed E-state index contributed by atoms with van der Waals surface area (Å²) in [5.74, 6) is 0.832. The van der Waals surface area contributed by atoms with Crippen molar-refractivity contribution in [1.82, 2.24) is 14.8 Å². The Kier molecular flexibility index (Phi) is 5.11. The first-order valence-corrected chi connectivity index (χ1v) is 8.24. The molecule has 2 aromatic rings. The fourth-order valence-electron chi connectivity index (χ4n) is 2.69. The fraction of sp³-hybridized carbons (Fsp3) is 0.368. The van der Waals surface area contributed by atoms with Crippen LogP contribution in [0.3, 0.4) is 0 Å². The lowest BCUT2D eigenvalue weighted by Crippen LogP contribution is -2.47. The first kappa shape index (κ1) is 16.5. The van der Waals surface area contributed by atoms with Gasteiger partial charge in [-0.3, -0.25) is 9.78 Å². The number of aryl methyl sites for hydroxylation is 1. The molecule has 3 rings (SSSR count). The third-order valence-electron chi connectivity index (χ3n) is 4.25. The van der Waals surface area contributed by atoms with Gasteiger partial charge in [-0.25, -0.2) is 0 Å². The average Bonchev–Trinajstić information content (AvgIpc) is 2.61. The molecule has 1 aromatic heterocycles. The molecule has 1 aromatic carbocycles. The minimum Gasteiger partial charge on any atom is -0.487 e. The number of likely N-dealkylation sites (N-methyl/N-ethyl adjacent to an activating group) is 1. The zero-order valence-electron chi connectivity index (χ0n) is 14.2. The number of ether oxygens (including phenoxy) is 1. The van der Waals surface area contributed by atoms with Crippen molar-refractivity contribution in [2.24, 2.45) is 0 Å². The molecule has 126 valence electrons. The SMILES string of the molecule is Cc1ccc(OCc2cccc(C(=O)N3CCN(C)CC3)c2)cn1. The van der Waals surface area contributed by atoms with E-state index >= 15 is 0 Å². The van der Waals surface area contributed by atoms with Crippen LogP contribution in [0.4, 0.5) is 0 Å². The maximum absolute atomic E-state index is 12.6. The molecule has 1 fully saturated rings. The third-order valence-corrected chi connectivity index (χ3v) is 4.25. The molecule has 0 radical (unpaired) electrons. The van der Waals surface area contributed by atoms with Crippen molar-refractivity contribution in [2.75, 3.05) is 33.2 Å². The number of hydrogen-bond acceptors (Lipinski definition) is 4. The summed E-state index contributed by atoms with van der Waals surface area (Å²) < 4.78 is 5.75. The van der Waals surface area contributed by atoms with E-state index in [0.29, 0.717) is 6.61 Å². The Hall–Kier alpha value is -2.40. The van der Waals surface area contributed by atoms with Gasteiger partial charge in [0, 0.05) is 37.4 Å². The number of hydrogen-bond donors (Lipinski definition) is 0. The van der Waals surface area contributed by atoms with E-state index in [-0.39, 0.29) is 5.91 Å². The highest BCUT2D eigenvalue weighted by Crippen LogP contribution is 2.14. The number of pyridine rings is 1. The van der Waals surface area contributed by atoms with Gasteiger partial charge >= 0.3 is 0 Å². The average molecular weight is 325 g/mol. The summed E-state index contributed by atoms with van der Waals surface area (Å²) in [6.45, 7) is 5.78. The zero-order chi connectivity index (χ0) is 16.9. The van der Waals surface area contributed by atoms with E-state index < -0.39 is 0 Å². The molecule has 0 N–H and O–H groups in total. The molecule has 0 aliphatic carbocycles. The third kappa shape index (κ3) is 4.11. The van der Waals surface area contributed by atoms with E-state index in [2.05, 4.69) is 16.9 Å². The zero-order valence-corrected chi connectivity index (χ0v) is 14.2. The molecule has 1 amide bonds. The van der Waals surface area contributed by atoms with Crippen LogP contribution in [0.15, 0.2) is 42.6 Å². The molecule has 1 saturated heterocycles. The van der Waals surface area contributed by atoms with Crippen LogP contribution in [0.25, 0.3) is 0 Å². The lowest BCUT2D eigenvalue weighted by Gasteiger charge is -2.32. The summed E-state index contributed by atoms with van der Waals surface area (Å²) in [4.78, 5) is 21.0. The summed E-state index contributed by atoms with van der Waals surface area (Å²) in [6.07, 6.45) is 1.72. The lowest BCUT2D eigenvalue weighted by molar-refractivity contribution is 0.0664. The van der Waals surface area contributed by atoms with Gasteiger partial charge in [0.2, 0.25) is 0 Å². The summed E-state index contributed by atoms with van der Waals surface area (Å²) >= 11 is 0. The predicted molar refractivity (Wildman–Crippen MR) is 93.1 cm³/mol. The van der Waals surface area contributed by atoms with Crippen molar-refractivity contribution in [1.29, 1.82) is 0 Å². The summed E-state index contributed by atoms with van der Waals surface area (Å²) in [6, 6.07) is 11.5. The molecule has 0 unspecified atom stereocenters. The molecular weight excluding hydrogens is 302 g/mol. The number of carbonyl (C=O) groups excluding carboxylic acids is 1. The number of piperazine rings is 1. The van der Waals surface area contributed by atoms with Crippen LogP contribution in [0, 0.1) is 6.92 Å². The van der Waals surface area contributed by atoms with E-state index in [1.807, 2.05) is 48.2 Å². The van der Waals surface area contributed by atoms with Crippen molar-refractivity contribution in [3.05, 3.63) is 59.4 Å². The number of nitrogens with zero attached hydrogens (tertiary/aromatic N) is 3. The maximum Gasteiger partial charge on any atom is 0.253 e. The van der Waals surface area contributed by atoms with E-state index in [1.54, 1.807) is 6.20 Å². The van der Waals surface area contributed by atoms with Crippen molar-refractivity contribution in [2.45, 2.75) is 13.5 Å². The van der Waals surface area contributed by atoms with E-state index in [1.165, 1.54) is 0 Å². The van der Waals surface area contributed by atoms with Crippen LogP contribution < -0.4 is 4.74 Å². The highest BCUT2D eigenvalue weighted by atomic mass is 16.5. The number of amides is 1. The van der Waals surface area contributed by atoms with Crippen LogP contribution in [-0.4, -0.2) is 53.9 Å². The predicted octanol–water partition coefficient (Wildman–Crippen LogP) is 2.36. The summed E-state index contributed by atoms with van der Waals surface area (Å²) in [5, 5.41) is 0. The van der Waals surface area contributed by atoms with Crippen LogP contribution in [0.2, 0.25) is 0 Å². The quantitative estimate of drug-likeness (QED) is 0.866. The second-order valence-corrected chi connectivity index (χ2v) is 6.22. The largest absolute Gasteiger partial charge is 0.487 e. The van der Waals surface area contributed by atoms with Crippen LogP contribution >= 0.6 is 0 Å². The second-order valence-electron chi connectivity index (χ2n) is 6.22. The van der Waals surface area contributed by atoms with Gasteiger partial charge in [0.25, 0.3) is 5.91 Å². The molecule has 0 atom stereocenters. The minimum absolute atomic E-state index is 0.0990. The number of carbonyl (C=O) groups is 1. The topological polar surface area (TPSA) is 45.7 Å². The van der Waals surface area contributed by atoms with Gasteiger partial charge in [0.05, 0.1) is 6.20 Å². The van der Waals surface area contributed by atoms with E-state index in [9.17, 15) is 4.79 Å². The van der Waals surface area contributed by atoms with Crippen molar-refractivity contribution in [3.8, 4) is 5.75 Å². The molecule has 0 saturated carbocycles. The van der Waals surface area contributed by atoms with Gasteiger partial charge in [-0.15, -0.1) is 0 Å². The van der Waals surface area contributed by atoms with Gasteiger partial charge in [0.1, 0.15) is 12.4 Å². The molecular formula is C19H23N3O2. The van der Waals surface area contributed by atoms with Crippen molar-refractivity contribution < 1.29 is 9.53 Å². The van der Waals surface area contributed by atoms with E-state index in [0.717, 1.165) is 48.7 Å². The first-order valence-electron chi connectivity index (χ1n) is 8.24. The van der Waals surface area contributed by atoms with Gasteiger partial charge in [-0.1, -0.05) is 12.1 Å². The fourth-order valence-corrected chi connectivity index (χ4v) is 2.69. The van der Waals surface area contributed by atoms with Crippen molar-refractivity contribution in [3.63, 3.8) is 0 Å². The van der Waals surface area contributed by atoms with Gasteiger partial charge < -0.3 is 14.5 Å². The number of aromatic nitrogens is 1. The molecule has 0 spiro atoms. The number of rotatable bonds is 4. The molecule has 0 bridgehead atoms. The summed E-state index contributed by atoms with van der Waals surface area (Å²) in [5.41, 5.74) is 2.67. The Morgan fingerprint density at radius 1 is 1.17 bits per heavy atom. The standard InChI is InChI=1S/C19H23N3O2/c1-15-6-7-18(13-20-15)24-14-16-4-3-5-17(12-16)19(23)22-10-8-21(2)9-11-22/h3-7,12-13H,8-11,14H2,1-2H3. The van der Waals surface area contributed by atoms with Crippen LogP contribution in [-0.2, 0) is 6.61 Å². The van der Waals surface area contributed by atoms with Crippen LogP contribution in [0.1, 0.15) is 21.6 Å². The van der Waals surface area contributed by atoms with Gasteiger partial charge in [0.15, 0.2) is 0 Å². The van der Waals surface area contributed by atoms with Gasteiger partial charge in [-0.2, -0.15) is 0 Å². The lowest BCUT2D eigenvalue weighted by atomic mass is 10.1. The second kappa shape index (κ2) is 7.45. The first-order chi connectivity index (χ1) is 11.6.